The van der Waals surface area contributed by atoms with Gasteiger partial charge < -0.3 is 19.4 Å². The summed E-state index contributed by atoms with van der Waals surface area (Å²) in [6.07, 6.45) is 24.1. The molecule has 0 radical (unpaired) electrons. The van der Waals surface area contributed by atoms with E-state index in [1.807, 2.05) is 26.0 Å². The van der Waals surface area contributed by atoms with Crippen molar-refractivity contribution in [2.45, 2.75) is 133 Å². The summed E-state index contributed by atoms with van der Waals surface area (Å²) in [7, 11) is 0. The molecule has 1 aliphatic rings. The average molecular weight is 651 g/mol. The summed E-state index contributed by atoms with van der Waals surface area (Å²) < 4.78 is 13.2. The fourth-order valence-electron chi connectivity index (χ4n) is 6.59. The van der Waals surface area contributed by atoms with Gasteiger partial charge in [-0.25, -0.2) is 0 Å². The van der Waals surface area contributed by atoms with E-state index < -0.39 is 5.60 Å². The summed E-state index contributed by atoms with van der Waals surface area (Å²) in [5.41, 5.74) is 10.8. The molecule has 0 aliphatic carbocycles. The van der Waals surface area contributed by atoms with Gasteiger partial charge in [0.1, 0.15) is 22.5 Å². The highest BCUT2D eigenvalue weighted by Crippen LogP contribution is 2.50. The molecule has 2 N–H and O–H groups in total. The molecule has 1 aromatic heterocycles. The SMILES string of the molecule is CC(C)=CCC/C(C)=C/CC/C(C)=C/Cc1c(O)cc(C)c2c1oc1c3c(c(O)c(C)c12)O[C@](C)(CC/C=C(\C)CCC=C(C)C)C=C3. The molecular weight excluding hydrogens is 592 g/mol. The molecule has 2 heterocycles. The molecule has 0 spiro atoms. The lowest BCUT2D eigenvalue weighted by Gasteiger charge is -2.32. The molecule has 4 rings (SSSR count). The van der Waals surface area contributed by atoms with Crippen LogP contribution < -0.4 is 4.74 Å². The molecule has 4 heteroatoms. The Bertz CT molecular complexity index is 1830. The van der Waals surface area contributed by atoms with Crippen molar-refractivity contribution < 1.29 is 19.4 Å². The van der Waals surface area contributed by atoms with E-state index in [1.165, 1.54) is 27.9 Å². The first-order valence-corrected chi connectivity index (χ1v) is 17.8. The van der Waals surface area contributed by atoms with E-state index in [9.17, 15) is 10.2 Å². The topological polar surface area (TPSA) is 62.8 Å². The summed E-state index contributed by atoms with van der Waals surface area (Å²) in [4.78, 5) is 0. The Balaban J connectivity index is 1.59. The number of furan rings is 1. The maximum atomic E-state index is 11.5. The van der Waals surface area contributed by atoms with Gasteiger partial charge in [0.05, 0.1) is 5.56 Å². The first-order chi connectivity index (χ1) is 22.7. The number of aromatic hydroxyl groups is 2. The number of hydrogen-bond donors (Lipinski definition) is 2. The molecule has 1 aliphatic heterocycles. The van der Waals surface area contributed by atoms with Crippen molar-refractivity contribution in [3.8, 4) is 17.2 Å². The Labute approximate surface area is 289 Å². The van der Waals surface area contributed by atoms with Crippen molar-refractivity contribution in [3.05, 3.63) is 92.6 Å². The number of benzene rings is 2. The van der Waals surface area contributed by atoms with Gasteiger partial charge in [-0.2, -0.15) is 0 Å². The van der Waals surface area contributed by atoms with Crippen molar-refractivity contribution in [2.24, 2.45) is 0 Å². The molecule has 258 valence electrons. The first-order valence-electron chi connectivity index (χ1n) is 17.8. The predicted molar refractivity (Wildman–Crippen MR) is 205 cm³/mol. The van der Waals surface area contributed by atoms with Crippen LogP contribution in [-0.4, -0.2) is 15.8 Å². The molecular formula is C44H58O4. The minimum absolute atomic E-state index is 0.151. The Morgan fingerprint density at radius 1 is 0.729 bits per heavy atom. The second kappa shape index (κ2) is 16.0. The lowest BCUT2D eigenvalue weighted by Crippen LogP contribution is -2.31. The quantitative estimate of drug-likeness (QED) is 0.170. The van der Waals surface area contributed by atoms with Gasteiger partial charge in [0.2, 0.25) is 0 Å². The van der Waals surface area contributed by atoms with Crippen LogP contribution >= 0.6 is 0 Å². The van der Waals surface area contributed by atoms with E-state index in [-0.39, 0.29) is 11.5 Å². The standard InChI is InChI=1S/C44H58O4/c1-28(2)15-11-17-30(5)19-13-20-32(7)22-23-35-37(45)27-33(8)38-39-34(9)40(46)43-36(42(39)47-41(35)38)24-26-44(10,48-43)25-14-21-31(6)18-12-16-29(3)4/h15-16,19,21-22,24,26-27,45-46H,11-14,17-18,20,23,25H2,1-10H3/b30-19+,31-21+,32-22+/t44-/m1/s1. The number of allylic oxidation sites excluding steroid dienone is 10. The summed E-state index contributed by atoms with van der Waals surface area (Å²) in [6, 6.07) is 1.82. The molecule has 2 aromatic carbocycles. The number of rotatable bonds is 14. The van der Waals surface area contributed by atoms with Gasteiger partial charge in [0, 0.05) is 21.9 Å². The van der Waals surface area contributed by atoms with Gasteiger partial charge >= 0.3 is 0 Å². The summed E-state index contributed by atoms with van der Waals surface area (Å²) in [5.74, 6) is 0.854. The molecule has 0 amide bonds. The van der Waals surface area contributed by atoms with Gasteiger partial charge in [-0.1, -0.05) is 58.2 Å². The number of fused-ring (bicyclic) bond motifs is 5. The molecule has 4 nitrogen and oxygen atoms in total. The highest BCUT2D eigenvalue weighted by Gasteiger charge is 2.33. The van der Waals surface area contributed by atoms with Crippen LogP contribution in [0.5, 0.6) is 17.2 Å². The largest absolute Gasteiger partial charge is 0.508 e. The minimum Gasteiger partial charge on any atom is -0.508 e. The molecule has 3 aromatic rings. The van der Waals surface area contributed by atoms with Crippen molar-refractivity contribution in [1.82, 2.24) is 0 Å². The van der Waals surface area contributed by atoms with E-state index >= 15 is 0 Å². The zero-order chi connectivity index (χ0) is 35.2. The highest BCUT2D eigenvalue weighted by molar-refractivity contribution is 6.13. The summed E-state index contributed by atoms with van der Waals surface area (Å²) in [6.45, 7) is 21.1. The molecule has 0 saturated heterocycles. The van der Waals surface area contributed by atoms with Crippen molar-refractivity contribution in [2.75, 3.05) is 0 Å². The average Bonchev–Trinajstić information content (AvgIpc) is 3.40. The van der Waals surface area contributed by atoms with Crippen LogP contribution in [0.2, 0.25) is 0 Å². The van der Waals surface area contributed by atoms with Crippen LogP contribution in [0, 0.1) is 13.8 Å². The Kier molecular flexibility index (Phi) is 12.3. The maximum absolute atomic E-state index is 11.5. The van der Waals surface area contributed by atoms with Gasteiger partial charge in [-0.3, -0.25) is 0 Å². The third-order valence-electron chi connectivity index (χ3n) is 9.61. The van der Waals surface area contributed by atoms with Gasteiger partial charge in [-0.15, -0.1) is 0 Å². The van der Waals surface area contributed by atoms with E-state index in [0.29, 0.717) is 23.3 Å². The zero-order valence-electron chi connectivity index (χ0n) is 31.2. The van der Waals surface area contributed by atoms with Crippen LogP contribution in [-0.2, 0) is 6.42 Å². The third kappa shape index (κ3) is 8.95. The van der Waals surface area contributed by atoms with Crippen LogP contribution in [0.4, 0.5) is 0 Å². The Hall–Kier alpha value is -3.92. The van der Waals surface area contributed by atoms with Crippen LogP contribution in [0.1, 0.15) is 129 Å². The number of ether oxygens (including phenoxy) is 1. The normalized spacial score (nSPS) is 16.8. The second-order valence-electron chi connectivity index (χ2n) is 14.7. The maximum Gasteiger partial charge on any atom is 0.173 e. The van der Waals surface area contributed by atoms with Crippen LogP contribution in [0.25, 0.3) is 28.0 Å². The molecule has 0 fully saturated rings. The van der Waals surface area contributed by atoms with Gasteiger partial charge in [0.15, 0.2) is 11.5 Å². The third-order valence-corrected chi connectivity index (χ3v) is 9.61. The Morgan fingerprint density at radius 2 is 1.29 bits per heavy atom. The van der Waals surface area contributed by atoms with Crippen LogP contribution in [0.3, 0.4) is 0 Å². The lowest BCUT2D eigenvalue weighted by atomic mass is 9.91. The van der Waals surface area contributed by atoms with Crippen molar-refractivity contribution in [1.29, 1.82) is 0 Å². The number of phenolic OH excluding ortho intramolecular Hbond substituents is 2. The summed E-state index contributed by atoms with van der Waals surface area (Å²) >= 11 is 0. The molecule has 1 atom stereocenters. The highest BCUT2D eigenvalue weighted by atomic mass is 16.5. The molecule has 0 saturated carbocycles. The minimum atomic E-state index is -0.547. The fraction of sp³-hybridized carbons (Fsp3) is 0.455. The number of phenols is 2. The second-order valence-corrected chi connectivity index (χ2v) is 14.7. The predicted octanol–water partition coefficient (Wildman–Crippen LogP) is 13.2. The lowest BCUT2D eigenvalue weighted by molar-refractivity contribution is 0.124. The Morgan fingerprint density at radius 3 is 1.90 bits per heavy atom. The van der Waals surface area contributed by atoms with Gasteiger partial charge in [0.25, 0.3) is 0 Å². The van der Waals surface area contributed by atoms with E-state index in [1.54, 1.807) is 0 Å². The molecule has 0 unspecified atom stereocenters. The van der Waals surface area contributed by atoms with E-state index in [0.717, 1.165) is 84.4 Å². The van der Waals surface area contributed by atoms with Gasteiger partial charge in [-0.05, 0) is 151 Å². The van der Waals surface area contributed by atoms with E-state index in [4.69, 9.17) is 9.15 Å². The molecule has 48 heavy (non-hydrogen) atoms. The van der Waals surface area contributed by atoms with E-state index in [2.05, 4.69) is 91.8 Å². The first kappa shape index (κ1) is 36.9. The van der Waals surface area contributed by atoms with Crippen molar-refractivity contribution in [3.63, 3.8) is 0 Å². The molecule has 0 bridgehead atoms. The number of hydrogen-bond acceptors (Lipinski definition) is 4. The monoisotopic (exact) mass is 650 g/mol. The fourth-order valence-corrected chi connectivity index (χ4v) is 6.59. The van der Waals surface area contributed by atoms with Crippen LogP contribution in [0.15, 0.2) is 74.8 Å². The zero-order valence-corrected chi connectivity index (χ0v) is 31.2. The number of aryl methyl sites for hydroxylation is 2. The summed E-state index contributed by atoms with van der Waals surface area (Å²) in [5, 5.41) is 24.4. The smallest absolute Gasteiger partial charge is 0.173 e. The van der Waals surface area contributed by atoms with Crippen molar-refractivity contribution >= 4 is 28.0 Å².